The maximum atomic E-state index is 5.79. The molecule has 0 spiro atoms. The molecule has 1 rings (SSSR count). The Labute approximate surface area is 94.9 Å². The Balaban J connectivity index is 2.72. The highest BCUT2D eigenvalue weighted by Gasteiger charge is 2.04. The lowest BCUT2D eigenvalue weighted by atomic mass is 10.2. The second-order valence-corrected chi connectivity index (χ2v) is 3.22. The molecule has 0 saturated heterocycles. The van der Waals surface area contributed by atoms with Crippen LogP contribution < -0.4 is 9.47 Å². The zero-order valence-corrected chi connectivity index (χ0v) is 9.71. The number of methoxy groups -OCH3 is 2. The molecule has 4 heteroatoms. The Kier molecular flexibility index (Phi) is 5.29. The fourth-order valence-electron chi connectivity index (χ4n) is 1.14. The Hall–Kier alpha value is -0.930. The lowest BCUT2D eigenvalue weighted by molar-refractivity contribution is 0.145. The first-order valence-electron chi connectivity index (χ1n) is 4.66. The molecule has 0 atom stereocenters. The largest absolute Gasteiger partial charge is 0.497 e. The topological polar surface area (TPSA) is 27.7 Å². The fraction of sp³-hybridized carbons (Fsp3) is 0.455. The van der Waals surface area contributed by atoms with E-state index < -0.39 is 0 Å². The van der Waals surface area contributed by atoms with Gasteiger partial charge < -0.3 is 14.2 Å². The number of alkyl halides is 1. The second-order valence-electron chi connectivity index (χ2n) is 2.95. The van der Waals surface area contributed by atoms with Crippen LogP contribution in [0.4, 0.5) is 0 Å². The van der Waals surface area contributed by atoms with Gasteiger partial charge in [-0.2, -0.15) is 0 Å². The van der Waals surface area contributed by atoms with Gasteiger partial charge >= 0.3 is 0 Å². The third-order valence-electron chi connectivity index (χ3n) is 1.96. The third kappa shape index (κ3) is 3.61. The number of ether oxygens (including phenoxy) is 3. The van der Waals surface area contributed by atoms with E-state index in [9.17, 15) is 0 Å². The van der Waals surface area contributed by atoms with Crippen LogP contribution in [-0.4, -0.2) is 27.4 Å². The van der Waals surface area contributed by atoms with Crippen molar-refractivity contribution in [3.63, 3.8) is 0 Å². The molecular weight excluding hydrogens is 216 g/mol. The summed E-state index contributed by atoms with van der Waals surface area (Å²) in [5.74, 6) is 1.93. The van der Waals surface area contributed by atoms with Gasteiger partial charge in [0.05, 0.1) is 19.6 Å². The minimum Gasteiger partial charge on any atom is -0.497 e. The maximum Gasteiger partial charge on any atom is 0.127 e. The second kappa shape index (κ2) is 6.53. The van der Waals surface area contributed by atoms with Gasteiger partial charge in [0.2, 0.25) is 0 Å². The fourth-order valence-corrected chi connectivity index (χ4v) is 1.36. The summed E-state index contributed by atoms with van der Waals surface area (Å²) in [5.41, 5.74) is 0.952. The summed E-state index contributed by atoms with van der Waals surface area (Å²) >= 11 is 5.79. The molecule has 0 unspecified atom stereocenters. The van der Waals surface area contributed by atoms with Crippen LogP contribution in [0, 0.1) is 0 Å². The summed E-state index contributed by atoms with van der Waals surface area (Å²) in [5, 5.41) is 0. The van der Waals surface area contributed by atoms with Gasteiger partial charge in [0, 0.05) is 18.7 Å². The van der Waals surface area contributed by atoms with Crippen molar-refractivity contribution < 1.29 is 14.2 Å². The molecule has 0 aliphatic carbocycles. The Bertz CT molecular complexity index is 302. The van der Waals surface area contributed by atoms with Crippen LogP contribution in [0.2, 0.25) is 0 Å². The molecule has 0 aliphatic heterocycles. The first-order chi connectivity index (χ1) is 7.31. The van der Waals surface area contributed by atoms with Crippen molar-refractivity contribution in [1.29, 1.82) is 0 Å². The number of halogens is 1. The van der Waals surface area contributed by atoms with E-state index >= 15 is 0 Å². The van der Waals surface area contributed by atoms with Gasteiger partial charge in [0.25, 0.3) is 0 Å². The van der Waals surface area contributed by atoms with Crippen molar-refractivity contribution in [3.8, 4) is 11.5 Å². The van der Waals surface area contributed by atoms with Crippen LogP contribution in [0.25, 0.3) is 0 Å². The predicted molar refractivity (Wildman–Crippen MR) is 59.9 cm³/mol. The van der Waals surface area contributed by atoms with Gasteiger partial charge in [-0.3, -0.25) is 0 Å². The van der Waals surface area contributed by atoms with E-state index in [0.29, 0.717) is 19.1 Å². The van der Waals surface area contributed by atoms with Gasteiger partial charge in [-0.15, -0.1) is 11.6 Å². The van der Waals surface area contributed by atoms with Crippen LogP contribution in [0.1, 0.15) is 5.56 Å². The van der Waals surface area contributed by atoms with Crippen molar-refractivity contribution in [2.75, 3.05) is 27.4 Å². The molecule has 0 amide bonds. The van der Waals surface area contributed by atoms with Crippen molar-refractivity contribution in [2.45, 2.75) is 5.88 Å². The molecule has 1 aromatic carbocycles. The molecule has 0 saturated carbocycles. The predicted octanol–water partition coefficient (Wildman–Crippen LogP) is 2.46. The van der Waals surface area contributed by atoms with E-state index in [-0.39, 0.29) is 0 Å². The Morgan fingerprint density at radius 2 is 2.00 bits per heavy atom. The highest BCUT2D eigenvalue weighted by Crippen LogP contribution is 2.25. The summed E-state index contributed by atoms with van der Waals surface area (Å²) < 4.78 is 15.5. The van der Waals surface area contributed by atoms with E-state index in [1.165, 1.54) is 0 Å². The summed E-state index contributed by atoms with van der Waals surface area (Å²) in [7, 11) is 3.26. The van der Waals surface area contributed by atoms with Crippen molar-refractivity contribution in [2.24, 2.45) is 0 Å². The van der Waals surface area contributed by atoms with Crippen molar-refractivity contribution >= 4 is 11.6 Å². The number of benzene rings is 1. The van der Waals surface area contributed by atoms with Crippen LogP contribution in [0.5, 0.6) is 11.5 Å². The number of hydrogen-bond donors (Lipinski definition) is 0. The first kappa shape index (κ1) is 12.1. The molecule has 3 nitrogen and oxygen atoms in total. The van der Waals surface area contributed by atoms with Crippen LogP contribution >= 0.6 is 11.6 Å². The van der Waals surface area contributed by atoms with E-state index in [2.05, 4.69) is 0 Å². The maximum absolute atomic E-state index is 5.79. The molecule has 0 heterocycles. The highest BCUT2D eigenvalue weighted by molar-refractivity contribution is 6.17. The number of rotatable bonds is 6. The van der Waals surface area contributed by atoms with Gasteiger partial charge in [-0.1, -0.05) is 6.07 Å². The summed E-state index contributed by atoms with van der Waals surface area (Å²) in [6.07, 6.45) is 0. The molecule has 0 aromatic heterocycles. The normalized spacial score (nSPS) is 10.1. The Morgan fingerprint density at radius 3 is 2.60 bits per heavy atom. The lowest BCUT2D eigenvalue weighted by Gasteiger charge is -2.11. The smallest absolute Gasteiger partial charge is 0.127 e. The molecule has 0 fully saturated rings. The molecule has 84 valence electrons. The molecule has 0 bridgehead atoms. The van der Waals surface area contributed by atoms with Gasteiger partial charge in [0.15, 0.2) is 0 Å². The number of hydrogen-bond acceptors (Lipinski definition) is 3. The SMILES string of the molecule is COCCOc1cc(OC)ccc1CCl. The molecule has 1 aromatic rings. The average Bonchev–Trinajstić information content (AvgIpc) is 2.29. The summed E-state index contributed by atoms with van der Waals surface area (Å²) in [4.78, 5) is 0. The van der Waals surface area contributed by atoms with E-state index in [1.54, 1.807) is 14.2 Å². The molecular formula is C11H15ClO3. The van der Waals surface area contributed by atoms with Gasteiger partial charge in [0.1, 0.15) is 18.1 Å². The van der Waals surface area contributed by atoms with Gasteiger partial charge in [-0.05, 0) is 6.07 Å². The van der Waals surface area contributed by atoms with Crippen molar-refractivity contribution in [1.82, 2.24) is 0 Å². The van der Waals surface area contributed by atoms with E-state index in [1.807, 2.05) is 18.2 Å². The van der Waals surface area contributed by atoms with E-state index in [0.717, 1.165) is 17.1 Å². The lowest BCUT2D eigenvalue weighted by Crippen LogP contribution is -2.05. The minimum atomic E-state index is 0.423. The molecule has 0 aliphatic rings. The van der Waals surface area contributed by atoms with Crippen LogP contribution in [-0.2, 0) is 10.6 Å². The quantitative estimate of drug-likeness (QED) is 0.555. The highest BCUT2D eigenvalue weighted by atomic mass is 35.5. The zero-order chi connectivity index (χ0) is 11.1. The molecule has 15 heavy (non-hydrogen) atoms. The average molecular weight is 231 g/mol. The van der Waals surface area contributed by atoms with Gasteiger partial charge in [-0.25, -0.2) is 0 Å². The third-order valence-corrected chi connectivity index (χ3v) is 2.25. The molecule has 0 radical (unpaired) electrons. The standard InChI is InChI=1S/C11H15ClO3/c1-13-5-6-15-11-7-10(14-2)4-3-9(11)8-12/h3-4,7H,5-6,8H2,1-2H3. The molecule has 0 N–H and O–H groups in total. The zero-order valence-electron chi connectivity index (χ0n) is 8.96. The summed E-state index contributed by atoms with van der Waals surface area (Å²) in [6.45, 7) is 1.06. The monoisotopic (exact) mass is 230 g/mol. The minimum absolute atomic E-state index is 0.423. The van der Waals surface area contributed by atoms with Crippen molar-refractivity contribution in [3.05, 3.63) is 23.8 Å². The Morgan fingerprint density at radius 1 is 1.20 bits per heavy atom. The van der Waals surface area contributed by atoms with Crippen LogP contribution in [0.15, 0.2) is 18.2 Å². The summed E-state index contributed by atoms with van der Waals surface area (Å²) in [6, 6.07) is 5.59. The first-order valence-corrected chi connectivity index (χ1v) is 5.20. The van der Waals surface area contributed by atoms with E-state index in [4.69, 9.17) is 25.8 Å². The van der Waals surface area contributed by atoms with Crippen LogP contribution in [0.3, 0.4) is 0 Å².